The number of nitrogen functional groups attached to an aromatic ring is 1. The van der Waals surface area contributed by atoms with Gasteiger partial charge in [-0.15, -0.1) is 0 Å². The Bertz CT molecular complexity index is 318. The average molecular weight is 206 g/mol. The molecule has 3 N–H and O–H groups in total. The Morgan fingerprint density at radius 3 is 2.87 bits per heavy atom. The largest absolute Gasteiger partial charge is 0.384 e. The Hall–Kier alpha value is -1.29. The molecule has 0 bridgehead atoms. The number of piperidine rings is 1. The second-order valence-electron chi connectivity index (χ2n) is 4.19. The molecule has 0 unspecified atom stereocenters. The second-order valence-corrected chi connectivity index (χ2v) is 4.19. The van der Waals surface area contributed by atoms with Crippen LogP contribution in [0.3, 0.4) is 0 Å². The fraction of sp³-hybridized carbons (Fsp3) is 0.545. The fourth-order valence-electron chi connectivity index (χ4n) is 1.93. The van der Waals surface area contributed by atoms with E-state index in [1.165, 1.54) is 12.8 Å². The van der Waals surface area contributed by atoms with E-state index >= 15 is 0 Å². The molecule has 82 valence electrons. The monoisotopic (exact) mass is 206 g/mol. The zero-order chi connectivity index (χ0) is 10.7. The lowest BCUT2D eigenvalue weighted by atomic mass is 10.1. The number of pyridine rings is 1. The van der Waals surface area contributed by atoms with Gasteiger partial charge in [0.2, 0.25) is 0 Å². The van der Waals surface area contributed by atoms with Crippen LogP contribution in [0, 0.1) is 0 Å². The van der Waals surface area contributed by atoms with Crippen LogP contribution in [-0.4, -0.2) is 36.1 Å². The van der Waals surface area contributed by atoms with E-state index in [1.54, 1.807) is 6.20 Å². The van der Waals surface area contributed by atoms with Gasteiger partial charge in [0.25, 0.3) is 0 Å². The summed E-state index contributed by atoms with van der Waals surface area (Å²) in [5, 5.41) is 3.50. The SMILES string of the molecule is CN1CCC(Nc2ccnc(N)c2)CC1. The molecule has 0 spiro atoms. The first-order valence-corrected chi connectivity index (χ1v) is 5.40. The fourth-order valence-corrected chi connectivity index (χ4v) is 1.93. The highest BCUT2D eigenvalue weighted by Gasteiger charge is 2.15. The van der Waals surface area contributed by atoms with E-state index in [0.717, 1.165) is 18.8 Å². The normalized spacial score (nSPS) is 19.0. The van der Waals surface area contributed by atoms with Crippen molar-refractivity contribution in [1.82, 2.24) is 9.88 Å². The molecule has 0 radical (unpaired) electrons. The first kappa shape index (κ1) is 10.2. The molecule has 0 saturated carbocycles. The minimum absolute atomic E-state index is 0.572. The molecule has 1 aromatic heterocycles. The third-order valence-electron chi connectivity index (χ3n) is 2.87. The highest BCUT2D eigenvalue weighted by molar-refractivity contribution is 5.50. The average Bonchev–Trinajstić information content (AvgIpc) is 2.22. The van der Waals surface area contributed by atoms with Crippen LogP contribution >= 0.6 is 0 Å². The van der Waals surface area contributed by atoms with Crippen molar-refractivity contribution in [2.75, 3.05) is 31.2 Å². The lowest BCUT2D eigenvalue weighted by molar-refractivity contribution is 0.264. The number of nitrogens with one attached hydrogen (secondary N) is 1. The quantitative estimate of drug-likeness (QED) is 0.762. The third kappa shape index (κ3) is 2.83. The number of hydrogen-bond donors (Lipinski definition) is 2. The van der Waals surface area contributed by atoms with E-state index in [4.69, 9.17) is 5.73 Å². The summed E-state index contributed by atoms with van der Waals surface area (Å²) < 4.78 is 0. The molecule has 4 nitrogen and oxygen atoms in total. The Labute approximate surface area is 90.5 Å². The van der Waals surface area contributed by atoms with Gasteiger partial charge in [0.05, 0.1) is 0 Å². The maximum Gasteiger partial charge on any atom is 0.125 e. The first-order chi connectivity index (χ1) is 7.24. The van der Waals surface area contributed by atoms with Crippen LogP contribution < -0.4 is 11.1 Å². The second kappa shape index (κ2) is 4.49. The van der Waals surface area contributed by atoms with Crippen molar-refractivity contribution >= 4 is 11.5 Å². The number of aromatic nitrogens is 1. The van der Waals surface area contributed by atoms with Crippen molar-refractivity contribution in [2.45, 2.75) is 18.9 Å². The summed E-state index contributed by atoms with van der Waals surface area (Å²) in [6.07, 6.45) is 4.13. The molecular weight excluding hydrogens is 188 g/mol. The van der Waals surface area contributed by atoms with Crippen LogP contribution in [-0.2, 0) is 0 Å². The van der Waals surface area contributed by atoms with E-state index < -0.39 is 0 Å². The van der Waals surface area contributed by atoms with Gasteiger partial charge in [-0.1, -0.05) is 0 Å². The lowest BCUT2D eigenvalue weighted by Crippen LogP contribution is -2.36. The van der Waals surface area contributed by atoms with E-state index in [9.17, 15) is 0 Å². The predicted octanol–water partition coefficient (Wildman–Crippen LogP) is 1.17. The van der Waals surface area contributed by atoms with Crippen LogP contribution in [0.15, 0.2) is 18.3 Å². The number of nitrogens with two attached hydrogens (primary N) is 1. The Kier molecular flexibility index (Phi) is 3.06. The Morgan fingerprint density at radius 1 is 1.47 bits per heavy atom. The van der Waals surface area contributed by atoms with Crippen molar-refractivity contribution in [1.29, 1.82) is 0 Å². The summed E-state index contributed by atoms with van der Waals surface area (Å²) >= 11 is 0. The Balaban J connectivity index is 1.92. The molecule has 1 aliphatic heterocycles. The van der Waals surface area contributed by atoms with E-state index in [2.05, 4.69) is 22.2 Å². The molecule has 1 saturated heterocycles. The maximum absolute atomic E-state index is 5.63. The minimum atomic E-state index is 0.572. The van der Waals surface area contributed by atoms with Gasteiger partial charge in [0, 0.05) is 24.0 Å². The standard InChI is InChI=1S/C11H18N4/c1-15-6-3-9(4-7-15)14-10-2-5-13-11(12)8-10/h2,5,8-9H,3-4,6-7H2,1H3,(H3,12,13,14). The molecule has 1 fully saturated rings. The molecule has 0 amide bonds. The van der Waals surface area contributed by atoms with Gasteiger partial charge in [-0.25, -0.2) is 4.98 Å². The summed E-state index contributed by atoms with van der Waals surface area (Å²) in [6.45, 7) is 2.33. The number of hydrogen-bond acceptors (Lipinski definition) is 4. The first-order valence-electron chi connectivity index (χ1n) is 5.40. The molecule has 0 atom stereocenters. The zero-order valence-corrected chi connectivity index (χ0v) is 9.11. The topological polar surface area (TPSA) is 54.2 Å². The molecule has 1 aromatic rings. The van der Waals surface area contributed by atoms with E-state index in [1.807, 2.05) is 12.1 Å². The van der Waals surface area contributed by atoms with Gasteiger partial charge < -0.3 is 16.0 Å². The lowest BCUT2D eigenvalue weighted by Gasteiger charge is -2.30. The van der Waals surface area contributed by atoms with Crippen molar-refractivity contribution in [3.63, 3.8) is 0 Å². The highest BCUT2D eigenvalue weighted by atomic mass is 15.1. The van der Waals surface area contributed by atoms with Crippen molar-refractivity contribution < 1.29 is 0 Å². The van der Waals surface area contributed by atoms with Gasteiger partial charge >= 0.3 is 0 Å². The summed E-state index contributed by atoms with van der Waals surface area (Å²) in [4.78, 5) is 6.33. The third-order valence-corrected chi connectivity index (χ3v) is 2.87. The number of anilines is 2. The maximum atomic E-state index is 5.63. The summed E-state index contributed by atoms with van der Waals surface area (Å²) in [5.74, 6) is 0.577. The van der Waals surface area contributed by atoms with Gasteiger partial charge in [-0.05, 0) is 39.0 Å². The molecule has 2 heterocycles. The van der Waals surface area contributed by atoms with E-state index in [0.29, 0.717) is 11.9 Å². The van der Waals surface area contributed by atoms with Crippen LogP contribution in [0.25, 0.3) is 0 Å². The van der Waals surface area contributed by atoms with Gasteiger partial charge in [0.15, 0.2) is 0 Å². The molecule has 15 heavy (non-hydrogen) atoms. The van der Waals surface area contributed by atoms with Crippen molar-refractivity contribution in [2.24, 2.45) is 0 Å². The molecule has 2 rings (SSSR count). The summed E-state index contributed by atoms with van der Waals surface area (Å²) in [6, 6.07) is 4.43. The van der Waals surface area contributed by atoms with E-state index in [-0.39, 0.29) is 0 Å². The number of nitrogens with zero attached hydrogens (tertiary/aromatic N) is 2. The van der Waals surface area contributed by atoms with Crippen molar-refractivity contribution in [3.05, 3.63) is 18.3 Å². The summed E-state index contributed by atoms with van der Waals surface area (Å²) in [7, 11) is 2.17. The minimum Gasteiger partial charge on any atom is -0.384 e. The summed E-state index contributed by atoms with van der Waals surface area (Å²) in [5.41, 5.74) is 6.71. The van der Waals surface area contributed by atoms with Gasteiger partial charge in [-0.3, -0.25) is 0 Å². The van der Waals surface area contributed by atoms with Crippen LogP contribution in [0.5, 0.6) is 0 Å². The van der Waals surface area contributed by atoms with Crippen LogP contribution in [0.4, 0.5) is 11.5 Å². The number of likely N-dealkylation sites (tertiary alicyclic amines) is 1. The molecule has 4 heteroatoms. The molecule has 1 aliphatic rings. The highest BCUT2D eigenvalue weighted by Crippen LogP contribution is 2.16. The van der Waals surface area contributed by atoms with Gasteiger partial charge in [0.1, 0.15) is 5.82 Å². The number of rotatable bonds is 2. The van der Waals surface area contributed by atoms with Gasteiger partial charge in [-0.2, -0.15) is 0 Å². The molecule has 0 aliphatic carbocycles. The molecular formula is C11H18N4. The zero-order valence-electron chi connectivity index (χ0n) is 9.11. The predicted molar refractivity (Wildman–Crippen MR) is 62.8 cm³/mol. The van der Waals surface area contributed by atoms with Crippen LogP contribution in [0.1, 0.15) is 12.8 Å². The Morgan fingerprint density at radius 2 is 2.20 bits per heavy atom. The smallest absolute Gasteiger partial charge is 0.125 e. The molecule has 0 aromatic carbocycles. The van der Waals surface area contributed by atoms with Crippen molar-refractivity contribution in [3.8, 4) is 0 Å². The van der Waals surface area contributed by atoms with Crippen LogP contribution in [0.2, 0.25) is 0 Å².